The monoisotopic (exact) mass is 390 g/mol. The van der Waals surface area contributed by atoms with Gasteiger partial charge in [0.25, 0.3) is 5.69 Å². The lowest BCUT2D eigenvalue weighted by Crippen LogP contribution is -1.97. The number of nitro benzene ring substituents is 1. The molecule has 5 nitrogen and oxygen atoms in total. The summed E-state index contributed by atoms with van der Waals surface area (Å²) in [5.41, 5.74) is 2.53. The summed E-state index contributed by atoms with van der Waals surface area (Å²) in [4.78, 5) is 10.3. The number of hydrogen-bond acceptors (Lipinski definition) is 4. The van der Waals surface area contributed by atoms with Crippen LogP contribution in [0.2, 0.25) is 5.02 Å². The highest BCUT2D eigenvalue weighted by Gasteiger charge is 2.09. The zero-order valence-electron chi connectivity index (χ0n) is 14.7. The molecule has 0 saturated heterocycles. The minimum absolute atomic E-state index is 0.0236. The van der Waals surface area contributed by atoms with Crippen molar-refractivity contribution in [3.63, 3.8) is 0 Å². The van der Waals surface area contributed by atoms with Crippen LogP contribution in [0, 0.1) is 21.4 Å². The van der Waals surface area contributed by atoms with E-state index in [1.54, 1.807) is 24.3 Å². The molecule has 0 spiro atoms. The average molecular weight is 391 g/mol. The standard InChI is InChI=1S/C22H15ClN2O3/c23-21-7-3-1-6-18(21)15-28-22-8-4-2-5-17(22)13-19(14-24)16-9-11-20(12-10-16)25(26)27/h1-13H,15H2. The average Bonchev–Trinajstić information content (AvgIpc) is 2.72. The number of nitrogens with zero attached hydrogens (tertiary/aromatic N) is 2. The van der Waals surface area contributed by atoms with Gasteiger partial charge in [0.1, 0.15) is 12.4 Å². The van der Waals surface area contributed by atoms with Crippen molar-refractivity contribution in [2.24, 2.45) is 0 Å². The molecule has 3 aromatic carbocycles. The van der Waals surface area contributed by atoms with Crippen molar-refractivity contribution in [3.8, 4) is 11.8 Å². The van der Waals surface area contributed by atoms with Gasteiger partial charge in [-0.1, -0.05) is 48.0 Å². The van der Waals surface area contributed by atoms with Crippen LogP contribution < -0.4 is 4.74 Å². The fourth-order valence-corrected chi connectivity index (χ4v) is 2.79. The molecule has 138 valence electrons. The van der Waals surface area contributed by atoms with Gasteiger partial charge in [-0.05, 0) is 35.9 Å². The number of rotatable bonds is 6. The van der Waals surface area contributed by atoms with E-state index >= 15 is 0 Å². The van der Waals surface area contributed by atoms with Gasteiger partial charge in [0.2, 0.25) is 0 Å². The Hall–Kier alpha value is -3.62. The van der Waals surface area contributed by atoms with Gasteiger partial charge in [0, 0.05) is 28.3 Å². The predicted molar refractivity (Wildman–Crippen MR) is 109 cm³/mol. The Labute approximate surface area is 167 Å². The minimum atomic E-state index is -0.475. The van der Waals surface area contributed by atoms with Gasteiger partial charge in [-0.2, -0.15) is 5.26 Å². The molecular weight excluding hydrogens is 376 g/mol. The Bertz CT molecular complexity index is 1070. The van der Waals surface area contributed by atoms with Gasteiger partial charge in [0.05, 0.1) is 16.6 Å². The highest BCUT2D eigenvalue weighted by atomic mass is 35.5. The van der Waals surface area contributed by atoms with Crippen LogP contribution in [0.4, 0.5) is 5.69 Å². The first kappa shape index (κ1) is 19.2. The zero-order chi connectivity index (χ0) is 19.9. The smallest absolute Gasteiger partial charge is 0.269 e. The third kappa shape index (κ3) is 4.56. The lowest BCUT2D eigenvalue weighted by molar-refractivity contribution is -0.384. The van der Waals surface area contributed by atoms with Crippen LogP contribution in [-0.2, 0) is 6.61 Å². The van der Waals surface area contributed by atoms with Gasteiger partial charge in [-0.15, -0.1) is 0 Å². The Morgan fingerprint density at radius 1 is 1.07 bits per heavy atom. The second kappa shape index (κ2) is 8.85. The van der Waals surface area contributed by atoms with E-state index in [0.29, 0.717) is 28.5 Å². The fourth-order valence-electron chi connectivity index (χ4n) is 2.60. The molecule has 0 aliphatic heterocycles. The van der Waals surface area contributed by atoms with E-state index in [9.17, 15) is 15.4 Å². The highest BCUT2D eigenvalue weighted by molar-refractivity contribution is 6.31. The Morgan fingerprint density at radius 3 is 2.43 bits per heavy atom. The topological polar surface area (TPSA) is 76.2 Å². The van der Waals surface area contributed by atoms with E-state index in [1.165, 1.54) is 12.1 Å². The quantitative estimate of drug-likeness (QED) is 0.227. The van der Waals surface area contributed by atoms with Crippen molar-refractivity contribution in [1.29, 1.82) is 5.26 Å². The van der Waals surface area contributed by atoms with Crippen molar-refractivity contribution < 1.29 is 9.66 Å². The van der Waals surface area contributed by atoms with Crippen molar-refractivity contribution in [1.82, 2.24) is 0 Å². The Kier molecular flexibility index (Phi) is 6.05. The highest BCUT2D eigenvalue weighted by Crippen LogP contribution is 2.27. The molecule has 0 radical (unpaired) electrons. The number of ether oxygens (including phenoxy) is 1. The maximum Gasteiger partial charge on any atom is 0.269 e. The molecule has 0 atom stereocenters. The number of non-ortho nitro benzene ring substituents is 1. The number of halogens is 1. The first-order valence-corrected chi connectivity index (χ1v) is 8.78. The van der Waals surface area contributed by atoms with Crippen LogP contribution in [0.15, 0.2) is 72.8 Å². The van der Waals surface area contributed by atoms with E-state index in [4.69, 9.17) is 16.3 Å². The minimum Gasteiger partial charge on any atom is -0.488 e. The molecule has 3 rings (SSSR count). The number of para-hydroxylation sites is 1. The Balaban J connectivity index is 1.87. The molecule has 0 aliphatic carbocycles. The van der Waals surface area contributed by atoms with Crippen molar-refractivity contribution >= 4 is 28.9 Å². The molecule has 28 heavy (non-hydrogen) atoms. The van der Waals surface area contributed by atoms with Gasteiger partial charge >= 0.3 is 0 Å². The SMILES string of the molecule is N#CC(=Cc1ccccc1OCc1ccccc1Cl)c1ccc([N+](=O)[O-])cc1. The van der Waals surface area contributed by atoms with E-state index in [0.717, 1.165) is 11.1 Å². The van der Waals surface area contributed by atoms with Gasteiger partial charge in [-0.3, -0.25) is 10.1 Å². The number of nitriles is 1. The largest absolute Gasteiger partial charge is 0.488 e. The summed E-state index contributed by atoms with van der Waals surface area (Å²) in [6.07, 6.45) is 1.70. The second-order valence-corrected chi connectivity index (χ2v) is 6.30. The van der Waals surface area contributed by atoms with Gasteiger partial charge in [-0.25, -0.2) is 0 Å². The number of benzene rings is 3. The third-order valence-electron chi connectivity index (χ3n) is 4.07. The maximum atomic E-state index is 10.8. The van der Waals surface area contributed by atoms with E-state index in [1.807, 2.05) is 42.5 Å². The van der Waals surface area contributed by atoms with Gasteiger partial charge in [0.15, 0.2) is 0 Å². The van der Waals surface area contributed by atoms with Crippen molar-refractivity contribution in [2.45, 2.75) is 6.61 Å². The molecule has 0 aromatic heterocycles. The molecule has 0 N–H and O–H groups in total. The molecule has 0 bridgehead atoms. The van der Waals surface area contributed by atoms with Crippen LogP contribution in [0.1, 0.15) is 16.7 Å². The van der Waals surface area contributed by atoms with Gasteiger partial charge < -0.3 is 4.74 Å². The molecule has 0 amide bonds. The number of nitro groups is 1. The van der Waals surface area contributed by atoms with Crippen LogP contribution in [0.3, 0.4) is 0 Å². The first-order chi connectivity index (χ1) is 13.6. The molecule has 3 aromatic rings. The molecule has 0 heterocycles. The first-order valence-electron chi connectivity index (χ1n) is 8.40. The molecule has 6 heteroatoms. The van der Waals surface area contributed by atoms with Crippen LogP contribution in [0.25, 0.3) is 11.6 Å². The summed E-state index contributed by atoms with van der Waals surface area (Å²) in [6, 6.07) is 22.8. The lowest BCUT2D eigenvalue weighted by Gasteiger charge is -2.11. The molecule has 0 unspecified atom stereocenters. The zero-order valence-corrected chi connectivity index (χ0v) is 15.5. The van der Waals surface area contributed by atoms with Crippen molar-refractivity contribution in [3.05, 3.63) is 105 Å². The summed E-state index contributed by atoms with van der Waals surface area (Å²) in [5, 5.41) is 21.0. The molecular formula is C22H15ClN2O3. The van der Waals surface area contributed by atoms with Crippen LogP contribution in [-0.4, -0.2) is 4.92 Å². The van der Waals surface area contributed by atoms with Crippen molar-refractivity contribution in [2.75, 3.05) is 0 Å². The summed E-state index contributed by atoms with van der Waals surface area (Å²) in [7, 11) is 0. The lowest BCUT2D eigenvalue weighted by atomic mass is 10.0. The van der Waals surface area contributed by atoms with Crippen LogP contribution in [0.5, 0.6) is 5.75 Å². The summed E-state index contributed by atoms with van der Waals surface area (Å²) >= 11 is 6.17. The normalized spacial score (nSPS) is 10.9. The molecule has 0 aliphatic rings. The molecule has 0 saturated carbocycles. The van der Waals surface area contributed by atoms with E-state index in [2.05, 4.69) is 6.07 Å². The second-order valence-electron chi connectivity index (χ2n) is 5.89. The summed E-state index contributed by atoms with van der Waals surface area (Å²) in [5.74, 6) is 0.608. The Morgan fingerprint density at radius 2 is 1.75 bits per heavy atom. The van der Waals surface area contributed by atoms with E-state index in [-0.39, 0.29) is 5.69 Å². The van der Waals surface area contributed by atoms with Crippen LogP contribution >= 0.6 is 11.6 Å². The molecule has 0 fully saturated rings. The van der Waals surface area contributed by atoms with E-state index < -0.39 is 4.92 Å². The maximum absolute atomic E-state index is 10.8. The third-order valence-corrected chi connectivity index (χ3v) is 4.44. The summed E-state index contributed by atoms with van der Waals surface area (Å²) < 4.78 is 5.91. The predicted octanol–water partition coefficient (Wildman–Crippen LogP) is 5.89. The number of allylic oxidation sites excluding steroid dienone is 1. The summed E-state index contributed by atoms with van der Waals surface area (Å²) in [6.45, 7) is 0.296. The number of hydrogen-bond donors (Lipinski definition) is 0. The fraction of sp³-hybridized carbons (Fsp3) is 0.0455.